The second-order valence-corrected chi connectivity index (χ2v) is 6.01. The average Bonchev–Trinajstić information content (AvgIpc) is 2.74. The molecule has 1 aromatic rings. The Morgan fingerprint density at radius 1 is 1.29 bits per heavy atom. The van der Waals surface area contributed by atoms with E-state index in [9.17, 15) is 14.3 Å². The summed E-state index contributed by atoms with van der Waals surface area (Å²) in [7, 11) is 0. The Hall–Kier alpha value is -1.46. The van der Waals surface area contributed by atoms with Gasteiger partial charge in [0.05, 0.1) is 0 Å². The average molecular weight is 294 g/mol. The molecule has 0 amide bonds. The van der Waals surface area contributed by atoms with Crippen molar-refractivity contribution in [3.63, 3.8) is 0 Å². The Bertz CT molecular complexity index is 553. The van der Waals surface area contributed by atoms with Crippen molar-refractivity contribution in [3.8, 4) is 0 Å². The topological polar surface area (TPSA) is 55.8 Å². The number of aliphatic carboxylic acids is 1. The Morgan fingerprint density at radius 3 is 2.57 bits per heavy atom. The minimum atomic E-state index is -1.57. The molecular weight excluding hydrogens is 275 g/mol. The van der Waals surface area contributed by atoms with Gasteiger partial charge in [-0.15, -0.1) is 0 Å². The Balaban J connectivity index is 2.01. The third kappa shape index (κ3) is 2.34. The monoisotopic (exact) mass is 294 g/mol. The van der Waals surface area contributed by atoms with Crippen LogP contribution in [0, 0.1) is 5.82 Å². The Labute approximate surface area is 122 Å². The molecule has 2 aliphatic rings. The number of rotatable bonds is 2. The van der Waals surface area contributed by atoms with Crippen molar-refractivity contribution in [1.29, 1.82) is 0 Å². The molecule has 0 bridgehead atoms. The minimum absolute atomic E-state index is 0.241. The standard InChI is InChI=1S/C16H19FO4/c1-15(14(18)19)13(11-7-3-4-8-12(11)17)20-16(21-15)9-5-2-6-10-16/h3-4,7-8,13H,2,5-6,9-10H2,1H3,(H,18,19)/t13-,15+/m0/s1. The summed E-state index contributed by atoms with van der Waals surface area (Å²) in [4.78, 5) is 11.7. The number of hydrogen-bond donors (Lipinski definition) is 1. The molecule has 1 aromatic carbocycles. The summed E-state index contributed by atoms with van der Waals surface area (Å²) in [5.41, 5.74) is -1.33. The van der Waals surface area contributed by atoms with Crippen molar-refractivity contribution in [2.24, 2.45) is 0 Å². The molecular formula is C16H19FO4. The third-order valence-electron chi connectivity index (χ3n) is 4.46. The number of benzene rings is 1. The zero-order valence-corrected chi connectivity index (χ0v) is 12.0. The Morgan fingerprint density at radius 2 is 1.95 bits per heavy atom. The van der Waals surface area contributed by atoms with Gasteiger partial charge in [0, 0.05) is 18.4 Å². The van der Waals surface area contributed by atoms with Crippen molar-refractivity contribution in [3.05, 3.63) is 35.6 Å². The van der Waals surface area contributed by atoms with Crippen LogP contribution in [0.25, 0.3) is 0 Å². The van der Waals surface area contributed by atoms with Crippen LogP contribution < -0.4 is 0 Å². The summed E-state index contributed by atoms with van der Waals surface area (Å²) >= 11 is 0. The first kappa shape index (κ1) is 14.5. The highest BCUT2D eigenvalue weighted by Gasteiger charge is 2.59. The van der Waals surface area contributed by atoms with Crippen molar-refractivity contribution >= 4 is 5.97 Å². The fourth-order valence-electron chi connectivity index (χ4n) is 3.31. The fraction of sp³-hybridized carbons (Fsp3) is 0.562. The predicted molar refractivity (Wildman–Crippen MR) is 73.2 cm³/mol. The molecule has 1 N–H and O–H groups in total. The van der Waals surface area contributed by atoms with Gasteiger partial charge < -0.3 is 14.6 Å². The lowest BCUT2D eigenvalue weighted by Crippen LogP contribution is -2.42. The van der Waals surface area contributed by atoms with Gasteiger partial charge in [0.25, 0.3) is 0 Å². The van der Waals surface area contributed by atoms with E-state index in [4.69, 9.17) is 9.47 Å². The number of carboxylic acid groups (broad SMARTS) is 1. The summed E-state index contributed by atoms with van der Waals surface area (Å²) in [5.74, 6) is -2.48. The highest BCUT2D eigenvalue weighted by atomic mass is 19.1. The molecule has 0 radical (unpaired) electrons. The fourth-order valence-corrected chi connectivity index (χ4v) is 3.31. The van der Waals surface area contributed by atoms with Crippen molar-refractivity contribution in [2.45, 2.75) is 56.5 Å². The van der Waals surface area contributed by atoms with Gasteiger partial charge in [0.1, 0.15) is 11.9 Å². The first-order valence-electron chi connectivity index (χ1n) is 7.33. The largest absolute Gasteiger partial charge is 0.479 e. The van der Waals surface area contributed by atoms with E-state index in [1.54, 1.807) is 18.2 Å². The maximum Gasteiger partial charge on any atom is 0.338 e. The van der Waals surface area contributed by atoms with E-state index in [0.29, 0.717) is 12.8 Å². The number of halogens is 1. The zero-order valence-electron chi connectivity index (χ0n) is 12.0. The maximum atomic E-state index is 14.1. The SMILES string of the molecule is C[C@@]1(C(=O)O)OC2(CCCCC2)O[C@H]1c1ccccc1F. The van der Waals surface area contributed by atoms with Crippen molar-refractivity contribution < 1.29 is 23.8 Å². The van der Waals surface area contributed by atoms with E-state index < -0.39 is 29.3 Å². The van der Waals surface area contributed by atoms with Crippen LogP contribution >= 0.6 is 0 Å². The molecule has 1 heterocycles. The molecule has 3 rings (SSSR count). The summed E-state index contributed by atoms with van der Waals surface area (Å²) in [6.07, 6.45) is 3.32. The van der Waals surface area contributed by atoms with Gasteiger partial charge in [-0.25, -0.2) is 9.18 Å². The maximum absolute atomic E-state index is 14.1. The molecule has 2 fully saturated rings. The molecule has 4 nitrogen and oxygen atoms in total. The molecule has 2 atom stereocenters. The summed E-state index contributed by atoms with van der Waals surface area (Å²) < 4.78 is 25.9. The van der Waals surface area contributed by atoms with Gasteiger partial charge >= 0.3 is 5.97 Å². The number of hydrogen-bond acceptors (Lipinski definition) is 3. The second kappa shape index (κ2) is 5.07. The van der Waals surface area contributed by atoms with E-state index in [1.807, 2.05) is 0 Å². The molecule has 1 saturated carbocycles. The van der Waals surface area contributed by atoms with E-state index in [0.717, 1.165) is 19.3 Å². The van der Waals surface area contributed by atoms with Crippen LogP contribution in [0.15, 0.2) is 24.3 Å². The van der Waals surface area contributed by atoms with Crippen LogP contribution in [-0.4, -0.2) is 22.5 Å². The normalized spacial score (nSPS) is 31.4. The number of carboxylic acids is 1. The van der Waals surface area contributed by atoms with Gasteiger partial charge in [-0.2, -0.15) is 0 Å². The summed E-state index contributed by atoms with van der Waals surface area (Å²) in [5, 5.41) is 9.58. The molecule has 114 valence electrons. The first-order chi connectivity index (χ1) is 9.97. The van der Waals surface area contributed by atoms with Crippen molar-refractivity contribution in [2.75, 3.05) is 0 Å². The third-order valence-corrected chi connectivity index (χ3v) is 4.46. The van der Waals surface area contributed by atoms with Crippen LogP contribution in [-0.2, 0) is 14.3 Å². The second-order valence-electron chi connectivity index (χ2n) is 6.01. The molecule has 1 aliphatic carbocycles. The Kier molecular flexibility index (Phi) is 3.50. The van der Waals surface area contributed by atoms with Gasteiger partial charge in [-0.05, 0) is 25.8 Å². The number of ether oxygens (including phenoxy) is 2. The number of carbonyl (C=O) groups is 1. The smallest absolute Gasteiger partial charge is 0.338 e. The van der Waals surface area contributed by atoms with Gasteiger partial charge in [-0.1, -0.05) is 24.6 Å². The summed E-state index contributed by atoms with van der Waals surface area (Å²) in [6, 6.07) is 6.12. The van der Waals surface area contributed by atoms with Crippen LogP contribution in [0.4, 0.5) is 4.39 Å². The first-order valence-corrected chi connectivity index (χ1v) is 7.33. The quantitative estimate of drug-likeness (QED) is 0.908. The zero-order chi connectivity index (χ0) is 15.1. The van der Waals surface area contributed by atoms with Gasteiger partial charge in [0.15, 0.2) is 11.4 Å². The van der Waals surface area contributed by atoms with E-state index in [-0.39, 0.29) is 5.56 Å². The minimum Gasteiger partial charge on any atom is -0.479 e. The van der Waals surface area contributed by atoms with Crippen LogP contribution in [0.5, 0.6) is 0 Å². The van der Waals surface area contributed by atoms with Crippen LogP contribution in [0.3, 0.4) is 0 Å². The van der Waals surface area contributed by atoms with Crippen LogP contribution in [0.1, 0.15) is 50.7 Å². The molecule has 1 spiro atoms. The highest BCUT2D eigenvalue weighted by Crippen LogP contribution is 2.51. The molecule has 0 unspecified atom stereocenters. The van der Waals surface area contributed by atoms with E-state index in [2.05, 4.69) is 0 Å². The molecule has 1 saturated heterocycles. The van der Waals surface area contributed by atoms with Crippen molar-refractivity contribution in [1.82, 2.24) is 0 Å². The highest BCUT2D eigenvalue weighted by molar-refractivity contribution is 5.78. The van der Waals surface area contributed by atoms with Crippen LogP contribution in [0.2, 0.25) is 0 Å². The molecule has 0 aromatic heterocycles. The van der Waals surface area contributed by atoms with E-state index >= 15 is 0 Å². The molecule has 1 aliphatic heterocycles. The molecule has 5 heteroatoms. The lowest BCUT2D eigenvalue weighted by Gasteiger charge is -2.32. The predicted octanol–water partition coefficient (Wildman–Crippen LogP) is 3.42. The van der Waals surface area contributed by atoms with Gasteiger partial charge in [-0.3, -0.25) is 0 Å². The lowest BCUT2D eigenvalue weighted by molar-refractivity contribution is -0.211. The lowest BCUT2D eigenvalue weighted by atomic mass is 9.92. The summed E-state index contributed by atoms with van der Waals surface area (Å²) in [6.45, 7) is 1.47. The van der Waals surface area contributed by atoms with Gasteiger partial charge in [0.2, 0.25) is 0 Å². The van der Waals surface area contributed by atoms with E-state index in [1.165, 1.54) is 13.0 Å². The molecule has 21 heavy (non-hydrogen) atoms.